The Labute approximate surface area is 109 Å². The van der Waals surface area contributed by atoms with Crippen LogP contribution >= 0.6 is 0 Å². The van der Waals surface area contributed by atoms with Crippen molar-refractivity contribution in [2.45, 2.75) is 26.3 Å². The lowest BCUT2D eigenvalue weighted by atomic mass is 10.1. The van der Waals surface area contributed by atoms with Gasteiger partial charge in [0.25, 0.3) is 0 Å². The smallest absolute Gasteiger partial charge is 0.126 e. The van der Waals surface area contributed by atoms with Crippen molar-refractivity contribution in [2.24, 2.45) is 5.92 Å². The summed E-state index contributed by atoms with van der Waals surface area (Å²) in [5.74, 6) is 1.85. The van der Waals surface area contributed by atoms with Crippen molar-refractivity contribution in [2.75, 3.05) is 26.9 Å². The lowest BCUT2D eigenvalue weighted by Gasteiger charge is -2.14. The maximum Gasteiger partial charge on any atom is 0.126 e. The number of hydrogen-bond acceptors (Lipinski definition) is 3. The molecule has 1 aliphatic rings. The van der Waals surface area contributed by atoms with E-state index in [2.05, 4.69) is 30.4 Å². The van der Waals surface area contributed by atoms with Gasteiger partial charge in [0.05, 0.1) is 13.2 Å². The van der Waals surface area contributed by atoms with Crippen molar-refractivity contribution in [3.63, 3.8) is 0 Å². The van der Waals surface area contributed by atoms with Crippen molar-refractivity contribution in [3.05, 3.63) is 29.3 Å². The fraction of sp³-hybridized carbons (Fsp3) is 0.600. The quantitative estimate of drug-likeness (QED) is 0.718. The van der Waals surface area contributed by atoms with Crippen LogP contribution in [0, 0.1) is 12.8 Å². The summed E-state index contributed by atoms with van der Waals surface area (Å²) in [6.07, 6.45) is 2.65. The maximum absolute atomic E-state index is 5.98. The molecule has 1 N–H and O–H groups in total. The molecule has 1 aliphatic carbocycles. The summed E-state index contributed by atoms with van der Waals surface area (Å²) in [7, 11) is 1.72. The van der Waals surface area contributed by atoms with Crippen LogP contribution in [0.3, 0.4) is 0 Å². The van der Waals surface area contributed by atoms with Crippen LogP contribution in [0.15, 0.2) is 18.2 Å². The summed E-state index contributed by atoms with van der Waals surface area (Å²) in [5, 5.41) is 3.37. The Hall–Kier alpha value is -1.06. The number of rotatable bonds is 8. The van der Waals surface area contributed by atoms with E-state index in [0.717, 1.165) is 38.0 Å². The van der Waals surface area contributed by atoms with E-state index < -0.39 is 0 Å². The lowest BCUT2D eigenvalue weighted by molar-refractivity contribution is 0.199. The molecule has 0 unspecified atom stereocenters. The highest BCUT2D eigenvalue weighted by molar-refractivity contribution is 5.40. The van der Waals surface area contributed by atoms with Crippen molar-refractivity contribution in [3.8, 4) is 5.75 Å². The third kappa shape index (κ3) is 4.00. The van der Waals surface area contributed by atoms with Crippen LogP contribution in [0.25, 0.3) is 0 Å². The average Bonchev–Trinajstić information content (AvgIpc) is 3.18. The molecule has 0 amide bonds. The lowest BCUT2D eigenvalue weighted by Crippen LogP contribution is -2.19. The van der Waals surface area contributed by atoms with Gasteiger partial charge in [-0.25, -0.2) is 0 Å². The zero-order chi connectivity index (χ0) is 12.8. The van der Waals surface area contributed by atoms with Gasteiger partial charge in [0.15, 0.2) is 0 Å². The van der Waals surface area contributed by atoms with Crippen LogP contribution in [0.4, 0.5) is 0 Å². The Kier molecular flexibility index (Phi) is 5.02. The average molecular weight is 249 g/mol. The molecule has 100 valence electrons. The first-order chi connectivity index (χ1) is 8.81. The molecule has 0 atom stereocenters. The molecule has 0 saturated heterocycles. The second-order valence-electron chi connectivity index (χ2n) is 4.99. The molecule has 0 aliphatic heterocycles. The molecule has 1 saturated carbocycles. The van der Waals surface area contributed by atoms with Crippen LogP contribution < -0.4 is 10.1 Å². The van der Waals surface area contributed by atoms with Crippen molar-refractivity contribution >= 4 is 0 Å². The SMILES string of the molecule is COCCNCc1cccc(C)c1OCC1CC1. The molecular weight excluding hydrogens is 226 g/mol. The van der Waals surface area contributed by atoms with E-state index in [1.54, 1.807) is 7.11 Å². The normalized spacial score (nSPS) is 14.8. The zero-order valence-electron chi connectivity index (χ0n) is 11.4. The highest BCUT2D eigenvalue weighted by atomic mass is 16.5. The van der Waals surface area contributed by atoms with Gasteiger partial charge < -0.3 is 14.8 Å². The molecule has 0 aromatic heterocycles. The molecule has 0 radical (unpaired) electrons. The number of methoxy groups -OCH3 is 1. The summed E-state index contributed by atoms with van der Waals surface area (Å²) in [4.78, 5) is 0. The van der Waals surface area contributed by atoms with E-state index in [0.29, 0.717) is 0 Å². The minimum absolute atomic E-state index is 0.740. The summed E-state index contributed by atoms with van der Waals surface area (Å²) in [6.45, 7) is 5.43. The molecule has 3 nitrogen and oxygen atoms in total. The van der Waals surface area contributed by atoms with Gasteiger partial charge >= 0.3 is 0 Å². The minimum atomic E-state index is 0.740. The number of nitrogens with one attached hydrogen (secondary N) is 1. The fourth-order valence-electron chi connectivity index (χ4n) is 1.94. The molecule has 1 aromatic carbocycles. The second kappa shape index (κ2) is 6.76. The minimum Gasteiger partial charge on any atom is -0.493 e. The van der Waals surface area contributed by atoms with E-state index in [1.165, 1.54) is 24.0 Å². The number of hydrogen-bond donors (Lipinski definition) is 1. The third-order valence-electron chi connectivity index (χ3n) is 3.25. The molecule has 18 heavy (non-hydrogen) atoms. The number of para-hydroxylation sites is 1. The van der Waals surface area contributed by atoms with E-state index in [1.807, 2.05) is 0 Å². The van der Waals surface area contributed by atoms with Gasteiger partial charge in [-0.3, -0.25) is 0 Å². The summed E-state index contributed by atoms with van der Waals surface area (Å²) < 4.78 is 11.0. The van der Waals surface area contributed by atoms with Crippen LogP contribution in [0.5, 0.6) is 5.75 Å². The highest BCUT2D eigenvalue weighted by Crippen LogP contribution is 2.31. The van der Waals surface area contributed by atoms with Gasteiger partial charge in [-0.15, -0.1) is 0 Å². The van der Waals surface area contributed by atoms with Crippen LogP contribution in [0.2, 0.25) is 0 Å². The Morgan fingerprint density at radius 3 is 2.89 bits per heavy atom. The molecule has 0 spiro atoms. The van der Waals surface area contributed by atoms with Gasteiger partial charge in [-0.05, 0) is 31.2 Å². The zero-order valence-corrected chi connectivity index (χ0v) is 11.4. The number of ether oxygens (including phenoxy) is 2. The summed E-state index contributed by atoms with van der Waals surface area (Å²) in [5.41, 5.74) is 2.47. The Morgan fingerprint density at radius 1 is 1.33 bits per heavy atom. The second-order valence-corrected chi connectivity index (χ2v) is 4.99. The third-order valence-corrected chi connectivity index (χ3v) is 3.25. The molecule has 1 fully saturated rings. The predicted octanol–water partition coefficient (Wildman–Crippen LogP) is 2.52. The van der Waals surface area contributed by atoms with Gasteiger partial charge in [-0.1, -0.05) is 18.2 Å². The fourth-order valence-corrected chi connectivity index (χ4v) is 1.94. The monoisotopic (exact) mass is 249 g/mol. The summed E-state index contributed by atoms with van der Waals surface area (Å²) >= 11 is 0. The summed E-state index contributed by atoms with van der Waals surface area (Å²) in [6, 6.07) is 6.34. The first-order valence-electron chi connectivity index (χ1n) is 6.72. The first kappa shape index (κ1) is 13.4. The molecule has 0 bridgehead atoms. The topological polar surface area (TPSA) is 30.5 Å². The first-order valence-corrected chi connectivity index (χ1v) is 6.72. The number of aryl methyl sites for hydroxylation is 1. The molecule has 1 aromatic rings. The molecule has 3 heteroatoms. The standard InChI is InChI=1S/C15H23NO2/c1-12-4-3-5-14(10-16-8-9-17-2)15(12)18-11-13-6-7-13/h3-5,13,16H,6-11H2,1-2H3. The Balaban J connectivity index is 1.91. The predicted molar refractivity (Wildman–Crippen MR) is 73.0 cm³/mol. The number of benzene rings is 1. The van der Waals surface area contributed by atoms with Gasteiger partial charge in [0.2, 0.25) is 0 Å². The Bertz CT molecular complexity index is 375. The van der Waals surface area contributed by atoms with Gasteiger partial charge in [0.1, 0.15) is 5.75 Å². The van der Waals surface area contributed by atoms with E-state index in [9.17, 15) is 0 Å². The largest absolute Gasteiger partial charge is 0.493 e. The molecular formula is C15H23NO2. The van der Waals surface area contributed by atoms with Crippen molar-refractivity contribution in [1.29, 1.82) is 0 Å². The van der Waals surface area contributed by atoms with Crippen LogP contribution in [-0.2, 0) is 11.3 Å². The molecule has 2 rings (SSSR count). The van der Waals surface area contributed by atoms with E-state index >= 15 is 0 Å². The molecule has 0 heterocycles. The van der Waals surface area contributed by atoms with Gasteiger partial charge in [0, 0.05) is 25.8 Å². The van der Waals surface area contributed by atoms with Crippen molar-refractivity contribution in [1.82, 2.24) is 5.32 Å². The van der Waals surface area contributed by atoms with E-state index in [-0.39, 0.29) is 0 Å². The van der Waals surface area contributed by atoms with Crippen molar-refractivity contribution < 1.29 is 9.47 Å². The Morgan fingerprint density at radius 2 is 2.17 bits per heavy atom. The maximum atomic E-state index is 5.98. The van der Waals surface area contributed by atoms with E-state index in [4.69, 9.17) is 9.47 Å². The van der Waals surface area contributed by atoms with Crippen LogP contribution in [-0.4, -0.2) is 26.9 Å². The van der Waals surface area contributed by atoms with Crippen LogP contribution in [0.1, 0.15) is 24.0 Å². The van der Waals surface area contributed by atoms with Gasteiger partial charge in [-0.2, -0.15) is 0 Å². The highest BCUT2D eigenvalue weighted by Gasteiger charge is 2.22.